The van der Waals surface area contributed by atoms with E-state index in [4.69, 9.17) is 4.74 Å². The van der Waals surface area contributed by atoms with E-state index in [1.165, 1.54) is 6.07 Å². The lowest BCUT2D eigenvalue weighted by atomic mass is 10.1. The molecule has 1 fully saturated rings. The minimum Gasteiger partial charge on any atom is -0.491 e. The normalized spacial score (nSPS) is 16.7. The van der Waals surface area contributed by atoms with Crippen LogP contribution in [0.15, 0.2) is 42.5 Å². The molecule has 1 aliphatic heterocycles. The summed E-state index contributed by atoms with van der Waals surface area (Å²) in [5, 5.41) is 2.60. The highest BCUT2D eigenvalue weighted by Gasteiger charge is 2.35. The fourth-order valence-corrected chi connectivity index (χ4v) is 3.08. The summed E-state index contributed by atoms with van der Waals surface area (Å²) in [5.74, 6) is -0.767. The van der Waals surface area contributed by atoms with Crippen molar-refractivity contribution in [1.82, 2.24) is 0 Å². The first-order valence-electron chi connectivity index (χ1n) is 8.97. The topological polar surface area (TPSA) is 58.6 Å². The Bertz CT molecular complexity index is 849. The van der Waals surface area contributed by atoms with Gasteiger partial charge in [-0.15, -0.1) is 0 Å². The maximum absolute atomic E-state index is 13.9. The van der Waals surface area contributed by atoms with Crippen molar-refractivity contribution < 1.29 is 18.7 Å². The number of rotatable bonds is 5. The molecule has 1 aliphatic rings. The minimum absolute atomic E-state index is 0.0689. The summed E-state index contributed by atoms with van der Waals surface area (Å²) in [6.45, 7) is 5.97. The molecule has 3 rings (SSSR count). The lowest BCUT2D eigenvalue weighted by Gasteiger charge is -2.18. The molecule has 2 aromatic rings. The van der Waals surface area contributed by atoms with E-state index in [0.29, 0.717) is 5.69 Å². The van der Waals surface area contributed by atoms with Crippen molar-refractivity contribution in [3.05, 3.63) is 53.8 Å². The third-order valence-corrected chi connectivity index (χ3v) is 4.40. The van der Waals surface area contributed by atoms with Crippen molar-refractivity contribution in [1.29, 1.82) is 0 Å². The van der Waals surface area contributed by atoms with Gasteiger partial charge in [-0.05, 0) is 62.7 Å². The highest BCUT2D eigenvalue weighted by atomic mass is 19.1. The van der Waals surface area contributed by atoms with Crippen LogP contribution in [0.1, 0.15) is 25.8 Å². The van der Waals surface area contributed by atoms with E-state index < -0.39 is 11.7 Å². The highest BCUT2D eigenvalue weighted by Crippen LogP contribution is 2.28. The lowest BCUT2D eigenvalue weighted by molar-refractivity contribution is -0.122. The van der Waals surface area contributed by atoms with Gasteiger partial charge >= 0.3 is 0 Å². The number of carbonyl (C=O) groups is 2. The molecule has 6 heteroatoms. The molecule has 0 unspecified atom stereocenters. The van der Waals surface area contributed by atoms with E-state index in [2.05, 4.69) is 5.32 Å². The van der Waals surface area contributed by atoms with Gasteiger partial charge in [0.2, 0.25) is 11.8 Å². The number of aryl methyl sites for hydroxylation is 1. The van der Waals surface area contributed by atoms with Gasteiger partial charge in [0.25, 0.3) is 0 Å². The van der Waals surface area contributed by atoms with Crippen LogP contribution in [0.2, 0.25) is 0 Å². The Morgan fingerprint density at radius 3 is 2.59 bits per heavy atom. The molecular formula is C21H23FN2O3. The first-order valence-corrected chi connectivity index (χ1v) is 8.97. The molecule has 0 bridgehead atoms. The zero-order valence-corrected chi connectivity index (χ0v) is 15.7. The van der Waals surface area contributed by atoms with E-state index in [-0.39, 0.29) is 36.6 Å². The molecule has 27 heavy (non-hydrogen) atoms. The Morgan fingerprint density at radius 1 is 1.22 bits per heavy atom. The second-order valence-corrected chi connectivity index (χ2v) is 7.04. The van der Waals surface area contributed by atoms with Gasteiger partial charge < -0.3 is 15.0 Å². The van der Waals surface area contributed by atoms with Gasteiger partial charge in [-0.3, -0.25) is 9.59 Å². The van der Waals surface area contributed by atoms with Gasteiger partial charge in [-0.1, -0.05) is 6.07 Å². The van der Waals surface area contributed by atoms with Gasteiger partial charge in [0.05, 0.1) is 17.7 Å². The first kappa shape index (κ1) is 18.9. The van der Waals surface area contributed by atoms with Crippen LogP contribution in [-0.2, 0) is 9.59 Å². The van der Waals surface area contributed by atoms with Gasteiger partial charge in [0, 0.05) is 18.7 Å². The Kier molecular flexibility index (Phi) is 5.44. The maximum Gasteiger partial charge on any atom is 0.229 e. The zero-order valence-electron chi connectivity index (χ0n) is 15.7. The largest absolute Gasteiger partial charge is 0.491 e. The summed E-state index contributed by atoms with van der Waals surface area (Å²) in [5.41, 5.74) is 1.70. The smallest absolute Gasteiger partial charge is 0.229 e. The van der Waals surface area contributed by atoms with Crippen molar-refractivity contribution >= 4 is 23.2 Å². The standard InChI is InChI=1S/C21H23FN2O3/c1-13(2)27-17-7-5-16(6-8-17)24-12-15(11-20(24)25)21(26)23-19-10-14(3)4-9-18(19)22/h4-10,13,15H,11-12H2,1-3H3,(H,23,26)/t15-/m0/s1. The van der Waals surface area contributed by atoms with Crippen LogP contribution >= 0.6 is 0 Å². The lowest BCUT2D eigenvalue weighted by Crippen LogP contribution is -2.28. The van der Waals surface area contributed by atoms with E-state index >= 15 is 0 Å². The molecule has 2 aromatic carbocycles. The first-order chi connectivity index (χ1) is 12.8. The Hall–Kier alpha value is -2.89. The number of benzene rings is 2. The number of nitrogens with one attached hydrogen (secondary N) is 1. The van der Waals surface area contributed by atoms with E-state index in [9.17, 15) is 14.0 Å². The van der Waals surface area contributed by atoms with Crippen LogP contribution in [0.4, 0.5) is 15.8 Å². The summed E-state index contributed by atoms with van der Waals surface area (Å²) >= 11 is 0. The van der Waals surface area contributed by atoms with Crippen molar-refractivity contribution in [2.45, 2.75) is 33.3 Å². The molecular weight excluding hydrogens is 347 g/mol. The average molecular weight is 370 g/mol. The number of hydrogen-bond acceptors (Lipinski definition) is 3. The maximum atomic E-state index is 13.9. The summed E-state index contributed by atoms with van der Waals surface area (Å²) < 4.78 is 19.5. The van der Waals surface area contributed by atoms with E-state index in [1.54, 1.807) is 41.3 Å². The fourth-order valence-electron chi connectivity index (χ4n) is 3.08. The van der Waals surface area contributed by atoms with E-state index in [1.807, 2.05) is 20.8 Å². The number of carbonyl (C=O) groups excluding carboxylic acids is 2. The molecule has 0 aliphatic carbocycles. The molecule has 0 saturated carbocycles. The molecule has 1 heterocycles. The number of ether oxygens (including phenoxy) is 1. The van der Waals surface area contributed by atoms with Crippen molar-refractivity contribution in [3.63, 3.8) is 0 Å². The molecule has 142 valence electrons. The molecule has 2 amide bonds. The fraction of sp³-hybridized carbons (Fsp3) is 0.333. The molecule has 0 spiro atoms. The van der Waals surface area contributed by atoms with Crippen molar-refractivity contribution in [3.8, 4) is 5.75 Å². The Labute approximate surface area is 158 Å². The molecule has 5 nitrogen and oxygen atoms in total. The number of amides is 2. The van der Waals surface area contributed by atoms with Gasteiger partial charge in [-0.25, -0.2) is 4.39 Å². The quantitative estimate of drug-likeness (QED) is 0.868. The third-order valence-electron chi connectivity index (χ3n) is 4.40. The predicted octanol–water partition coefficient (Wildman–Crippen LogP) is 3.91. The summed E-state index contributed by atoms with van der Waals surface area (Å²) in [7, 11) is 0. The van der Waals surface area contributed by atoms with Crippen LogP contribution in [0.3, 0.4) is 0 Å². The average Bonchev–Trinajstić information content (AvgIpc) is 3.00. The van der Waals surface area contributed by atoms with Gasteiger partial charge in [0.15, 0.2) is 0 Å². The molecule has 0 radical (unpaired) electrons. The Balaban J connectivity index is 1.67. The SMILES string of the molecule is Cc1ccc(F)c(NC(=O)[C@H]2CC(=O)N(c3ccc(OC(C)C)cc3)C2)c1. The third kappa shape index (κ3) is 4.45. The van der Waals surface area contributed by atoms with Crippen LogP contribution in [0.5, 0.6) is 5.75 Å². The molecule has 0 aromatic heterocycles. The number of anilines is 2. The summed E-state index contributed by atoms with van der Waals surface area (Å²) in [6.07, 6.45) is 0.170. The summed E-state index contributed by atoms with van der Waals surface area (Å²) in [6, 6.07) is 11.7. The molecule has 1 N–H and O–H groups in total. The number of halogens is 1. The van der Waals surface area contributed by atoms with Crippen LogP contribution in [0.25, 0.3) is 0 Å². The van der Waals surface area contributed by atoms with E-state index in [0.717, 1.165) is 11.3 Å². The molecule has 1 atom stereocenters. The second kappa shape index (κ2) is 7.78. The van der Waals surface area contributed by atoms with Crippen LogP contribution < -0.4 is 15.0 Å². The Morgan fingerprint density at radius 2 is 1.93 bits per heavy atom. The van der Waals surface area contributed by atoms with Crippen LogP contribution in [-0.4, -0.2) is 24.5 Å². The monoisotopic (exact) mass is 370 g/mol. The number of hydrogen-bond donors (Lipinski definition) is 1. The molecule has 1 saturated heterocycles. The highest BCUT2D eigenvalue weighted by molar-refractivity contribution is 6.03. The second-order valence-electron chi connectivity index (χ2n) is 7.04. The van der Waals surface area contributed by atoms with Crippen LogP contribution in [0, 0.1) is 18.7 Å². The zero-order chi connectivity index (χ0) is 19.6. The predicted molar refractivity (Wildman–Crippen MR) is 102 cm³/mol. The van der Waals surface area contributed by atoms with Crippen molar-refractivity contribution in [2.24, 2.45) is 5.92 Å². The number of nitrogens with zero attached hydrogens (tertiary/aromatic N) is 1. The van der Waals surface area contributed by atoms with Gasteiger partial charge in [0.1, 0.15) is 11.6 Å². The van der Waals surface area contributed by atoms with Gasteiger partial charge in [-0.2, -0.15) is 0 Å². The summed E-state index contributed by atoms with van der Waals surface area (Å²) in [4.78, 5) is 26.4. The minimum atomic E-state index is -0.524. The van der Waals surface area contributed by atoms with Crippen molar-refractivity contribution in [2.75, 3.05) is 16.8 Å².